The van der Waals surface area contributed by atoms with Crippen molar-refractivity contribution in [3.8, 4) is 11.4 Å². The van der Waals surface area contributed by atoms with Crippen LogP contribution in [0.4, 0.5) is 0 Å². The molecule has 1 aromatic heterocycles. The highest BCUT2D eigenvalue weighted by Crippen LogP contribution is 2.18. The van der Waals surface area contributed by atoms with Crippen LogP contribution < -0.4 is 5.73 Å². The highest BCUT2D eigenvalue weighted by atomic mass is 79.9. The molecule has 0 unspecified atom stereocenters. The summed E-state index contributed by atoms with van der Waals surface area (Å²) in [4.78, 5) is 20.4. The van der Waals surface area contributed by atoms with E-state index in [9.17, 15) is 4.79 Å². The number of ether oxygens (including phenoxy) is 1. The minimum atomic E-state index is -0.677. The van der Waals surface area contributed by atoms with Crippen molar-refractivity contribution in [3.63, 3.8) is 0 Å². The first-order valence-electron chi connectivity index (χ1n) is 7.30. The Morgan fingerprint density at radius 1 is 1.21 bits per heavy atom. The van der Waals surface area contributed by atoms with Crippen LogP contribution in [-0.2, 0) is 16.0 Å². The van der Waals surface area contributed by atoms with Gasteiger partial charge in [-0.1, -0.05) is 24.3 Å². The smallest absolute Gasteiger partial charge is 0.323 e. The number of carbonyl (C=O) groups excluding carboxylic acids is 1. The van der Waals surface area contributed by atoms with E-state index < -0.39 is 17.6 Å². The number of benzene rings is 1. The van der Waals surface area contributed by atoms with Gasteiger partial charge >= 0.3 is 5.97 Å². The third kappa shape index (κ3) is 6.19. The molecule has 24 heavy (non-hydrogen) atoms. The highest BCUT2D eigenvalue weighted by Gasteiger charge is 2.22. The van der Waals surface area contributed by atoms with E-state index in [4.69, 9.17) is 10.5 Å². The van der Waals surface area contributed by atoms with E-state index in [0.29, 0.717) is 12.2 Å². The number of halogens is 2. The lowest BCUT2D eigenvalue weighted by Crippen LogP contribution is -2.38. The largest absolute Gasteiger partial charge is 0.459 e. The first-order valence-corrected chi connectivity index (χ1v) is 8.09. The monoisotopic (exact) mass is 413 g/mol. The number of hydrogen-bond acceptors (Lipinski definition) is 5. The van der Waals surface area contributed by atoms with Gasteiger partial charge in [-0.2, -0.15) is 0 Å². The second-order valence-corrected chi connectivity index (χ2v) is 7.18. The van der Waals surface area contributed by atoms with E-state index in [2.05, 4.69) is 25.9 Å². The van der Waals surface area contributed by atoms with E-state index in [0.717, 1.165) is 15.6 Å². The molecule has 0 fully saturated rings. The average Bonchev–Trinajstić information content (AvgIpc) is 2.47. The molecular weight excluding hydrogens is 394 g/mol. The average molecular weight is 415 g/mol. The number of hydrogen-bond donors (Lipinski definition) is 1. The summed E-state index contributed by atoms with van der Waals surface area (Å²) in [6.45, 7) is 5.47. The second-order valence-electron chi connectivity index (χ2n) is 6.27. The van der Waals surface area contributed by atoms with Gasteiger partial charge in [0.2, 0.25) is 0 Å². The molecule has 130 valence electrons. The summed E-state index contributed by atoms with van der Waals surface area (Å²) in [5, 5.41) is 0. The Hall–Kier alpha value is -1.50. The molecule has 2 rings (SSSR count). The molecule has 2 aromatic rings. The molecule has 7 heteroatoms. The lowest BCUT2D eigenvalue weighted by Gasteiger charge is -2.22. The Labute approximate surface area is 156 Å². The number of aromatic nitrogens is 2. The zero-order valence-corrected chi connectivity index (χ0v) is 16.2. The number of nitrogens with two attached hydrogens (primary N) is 1. The van der Waals surface area contributed by atoms with Crippen molar-refractivity contribution in [2.24, 2.45) is 5.73 Å². The van der Waals surface area contributed by atoms with Gasteiger partial charge in [0.15, 0.2) is 5.82 Å². The summed E-state index contributed by atoms with van der Waals surface area (Å²) in [7, 11) is 0. The van der Waals surface area contributed by atoms with Gasteiger partial charge in [0.05, 0.1) is 4.47 Å². The van der Waals surface area contributed by atoms with Crippen LogP contribution in [-0.4, -0.2) is 27.6 Å². The van der Waals surface area contributed by atoms with Gasteiger partial charge < -0.3 is 10.5 Å². The molecule has 0 aliphatic carbocycles. The van der Waals surface area contributed by atoms with Crippen LogP contribution in [0.1, 0.15) is 26.3 Å². The van der Waals surface area contributed by atoms with Gasteiger partial charge in [-0.05, 0) is 48.7 Å². The number of carbonyl (C=O) groups is 1. The van der Waals surface area contributed by atoms with E-state index in [1.807, 2.05) is 45.0 Å². The Bertz CT molecular complexity index is 670. The maximum Gasteiger partial charge on any atom is 0.323 e. The second kappa shape index (κ2) is 8.55. The first-order chi connectivity index (χ1) is 10.7. The molecular formula is C17H21BrClN3O2. The summed E-state index contributed by atoms with van der Waals surface area (Å²) in [6.07, 6.45) is 3.83. The fraction of sp³-hybridized carbons (Fsp3) is 0.353. The van der Waals surface area contributed by atoms with Crippen molar-refractivity contribution >= 4 is 34.3 Å². The fourth-order valence-electron chi connectivity index (χ4n) is 1.97. The van der Waals surface area contributed by atoms with Crippen LogP contribution in [0.15, 0.2) is 41.1 Å². The van der Waals surface area contributed by atoms with Crippen molar-refractivity contribution in [2.45, 2.75) is 38.8 Å². The molecule has 1 heterocycles. The van der Waals surface area contributed by atoms with Gasteiger partial charge in [-0.15, -0.1) is 12.4 Å². The summed E-state index contributed by atoms with van der Waals surface area (Å²) in [6, 6.07) is 7.00. The van der Waals surface area contributed by atoms with E-state index >= 15 is 0 Å². The van der Waals surface area contributed by atoms with E-state index in [1.165, 1.54) is 0 Å². The van der Waals surface area contributed by atoms with Crippen LogP contribution in [0.25, 0.3) is 11.4 Å². The molecule has 0 saturated carbocycles. The van der Waals surface area contributed by atoms with Crippen LogP contribution in [0, 0.1) is 0 Å². The maximum atomic E-state index is 11.9. The van der Waals surface area contributed by atoms with Crippen LogP contribution in [0.3, 0.4) is 0 Å². The van der Waals surface area contributed by atoms with E-state index in [1.54, 1.807) is 12.4 Å². The summed E-state index contributed by atoms with van der Waals surface area (Å²) < 4.78 is 6.12. The van der Waals surface area contributed by atoms with Gasteiger partial charge in [0.25, 0.3) is 0 Å². The lowest BCUT2D eigenvalue weighted by atomic mass is 10.0. The molecule has 0 bridgehead atoms. The summed E-state index contributed by atoms with van der Waals surface area (Å²) >= 11 is 3.31. The highest BCUT2D eigenvalue weighted by molar-refractivity contribution is 9.10. The maximum absolute atomic E-state index is 11.9. The van der Waals surface area contributed by atoms with Crippen LogP contribution in [0.5, 0.6) is 0 Å². The molecule has 1 aromatic carbocycles. The summed E-state index contributed by atoms with van der Waals surface area (Å²) in [5.41, 5.74) is 7.26. The lowest BCUT2D eigenvalue weighted by molar-refractivity contribution is -0.156. The topological polar surface area (TPSA) is 78.1 Å². The van der Waals surface area contributed by atoms with Crippen LogP contribution >= 0.6 is 28.3 Å². The molecule has 1 atom stereocenters. The predicted molar refractivity (Wildman–Crippen MR) is 99.9 cm³/mol. The van der Waals surface area contributed by atoms with Crippen LogP contribution in [0.2, 0.25) is 0 Å². The molecule has 0 radical (unpaired) electrons. The Kier molecular flexibility index (Phi) is 7.32. The minimum absolute atomic E-state index is 0. The van der Waals surface area contributed by atoms with Crippen molar-refractivity contribution in [2.75, 3.05) is 0 Å². The molecule has 0 saturated heterocycles. The third-order valence-electron chi connectivity index (χ3n) is 3.00. The zero-order valence-electron chi connectivity index (χ0n) is 13.8. The van der Waals surface area contributed by atoms with Crippen molar-refractivity contribution in [3.05, 3.63) is 46.7 Å². The van der Waals surface area contributed by atoms with Gasteiger partial charge in [-0.25, -0.2) is 9.97 Å². The fourth-order valence-corrected chi connectivity index (χ4v) is 2.17. The molecule has 0 spiro atoms. The van der Waals surface area contributed by atoms with Crippen molar-refractivity contribution in [1.29, 1.82) is 0 Å². The first kappa shape index (κ1) is 20.5. The Morgan fingerprint density at radius 2 is 1.75 bits per heavy atom. The molecule has 0 aliphatic rings. The van der Waals surface area contributed by atoms with Crippen molar-refractivity contribution in [1.82, 2.24) is 9.97 Å². The Balaban J connectivity index is 0.00000288. The number of rotatable bonds is 4. The van der Waals surface area contributed by atoms with Gasteiger partial charge in [0.1, 0.15) is 11.6 Å². The predicted octanol–water partition coefficient (Wildman–Crippen LogP) is 3.54. The van der Waals surface area contributed by atoms with Crippen molar-refractivity contribution < 1.29 is 9.53 Å². The minimum Gasteiger partial charge on any atom is -0.459 e. The van der Waals surface area contributed by atoms with E-state index in [-0.39, 0.29) is 12.4 Å². The molecule has 0 aliphatic heterocycles. The zero-order chi connectivity index (χ0) is 17.0. The number of nitrogens with zero attached hydrogens (tertiary/aromatic N) is 2. The SMILES string of the molecule is CC(C)(C)OC(=O)[C@@H](N)Cc1ccc(-c2ncc(Br)cn2)cc1.Cl. The molecule has 0 amide bonds. The quantitative estimate of drug-likeness (QED) is 0.774. The normalized spacial score (nSPS) is 12.2. The van der Waals surface area contributed by atoms with Gasteiger partial charge in [0, 0.05) is 18.0 Å². The Morgan fingerprint density at radius 3 is 2.25 bits per heavy atom. The molecule has 5 nitrogen and oxygen atoms in total. The molecule has 2 N–H and O–H groups in total. The standard InChI is InChI=1S/C17H20BrN3O2.ClH/c1-17(2,3)23-16(22)14(19)8-11-4-6-12(7-5-11)15-20-9-13(18)10-21-15;/h4-7,9-10,14H,8,19H2,1-3H3;1H/t14-;/m0./s1. The summed E-state index contributed by atoms with van der Waals surface area (Å²) in [5.74, 6) is 0.258. The third-order valence-corrected chi connectivity index (χ3v) is 3.41. The van der Waals surface area contributed by atoms with Gasteiger partial charge in [-0.3, -0.25) is 4.79 Å². The number of esters is 1.